The zero-order valence-corrected chi connectivity index (χ0v) is 19.3. The van der Waals surface area contributed by atoms with Crippen molar-refractivity contribution in [2.75, 3.05) is 23.3 Å². The highest BCUT2D eigenvalue weighted by Crippen LogP contribution is 2.44. The van der Waals surface area contributed by atoms with Crippen LogP contribution in [0.5, 0.6) is 0 Å². The number of alkyl halides is 5. The summed E-state index contributed by atoms with van der Waals surface area (Å²) >= 11 is 0. The molecular formula is C24H19F5N6O2. The van der Waals surface area contributed by atoms with E-state index in [4.69, 9.17) is 4.52 Å². The number of halogens is 5. The molecule has 37 heavy (non-hydrogen) atoms. The van der Waals surface area contributed by atoms with Crippen molar-refractivity contribution in [1.82, 2.24) is 19.8 Å². The lowest BCUT2D eigenvalue weighted by atomic mass is 9.95. The number of pyridine rings is 1. The number of carbonyl (C=O) groups is 1. The average Bonchev–Trinajstić information content (AvgIpc) is 3.22. The molecule has 4 heterocycles. The third-order valence-corrected chi connectivity index (χ3v) is 6.72. The molecule has 3 aromatic heterocycles. The maximum atomic E-state index is 14.0. The van der Waals surface area contributed by atoms with Gasteiger partial charge in [-0.3, -0.25) is 4.79 Å². The van der Waals surface area contributed by atoms with Crippen molar-refractivity contribution in [3.8, 4) is 11.4 Å². The number of aromatic nitrogens is 4. The van der Waals surface area contributed by atoms with Crippen LogP contribution in [0, 0.1) is 6.92 Å². The first-order chi connectivity index (χ1) is 17.5. The lowest BCUT2D eigenvalue weighted by Gasteiger charge is -2.46. The SMILES string of the molecule is Cc1ccc(-c2noc([C@H]3C[C@@H]3F)n2)cc1NC(=O)c1cnn2ccc(N3CC(F)(C(F)(F)F)C3)cc12. The predicted molar refractivity (Wildman–Crippen MR) is 122 cm³/mol. The van der Waals surface area contributed by atoms with Crippen LogP contribution in [-0.4, -0.2) is 56.8 Å². The van der Waals surface area contributed by atoms with E-state index in [-0.39, 0.29) is 23.2 Å². The van der Waals surface area contributed by atoms with Gasteiger partial charge in [0, 0.05) is 23.1 Å². The quantitative estimate of drug-likeness (QED) is 0.380. The number of rotatable bonds is 5. The molecule has 8 nitrogen and oxygen atoms in total. The summed E-state index contributed by atoms with van der Waals surface area (Å²) in [6.07, 6.45) is -2.73. The monoisotopic (exact) mass is 518 g/mol. The first-order valence-electron chi connectivity index (χ1n) is 11.4. The summed E-state index contributed by atoms with van der Waals surface area (Å²) in [4.78, 5) is 18.7. The Hall–Kier alpha value is -4.03. The molecule has 1 saturated heterocycles. The second-order valence-corrected chi connectivity index (χ2v) is 9.39. The first kappa shape index (κ1) is 23.4. The fourth-order valence-corrected chi connectivity index (χ4v) is 4.27. The molecule has 1 aliphatic heterocycles. The van der Waals surface area contributed by atoms with Crippen molar-refractivity contribution in [3.05, 3.63) is 59.7 Å². The Morgan fingerprint density at radius 2 is 1.97 bits per heavy atom. The van der Waals surface area contributed by atoms with Crippen LogP contribution in [0.2, 0.25) is 0 Å². The number of carbonyl (C=O) groups excluding carboxylic acids is 1. The molecule has 6 rings (SSSR count). The van der Waals surface area contributed by atoms with E-state index < -0.39 is 37.0 Å². The summed E-state index contributed by atoms with van der Waals surface area (Å²) in [7, 11) is 0. The van der Waals surface area contributed by atoms with Crippen molar-refractivity contribution < 1.29 is 31.3 Å². The van der Waals surface area contributed by atoms with Crippen LogP contribution in [0.1, 0.15) is 34.2 Å². The van der Waals surface area contributed by atoms with Crippen LogP contribution in [0.4, 0.5) is 33.3 Å². The molecule has 4 aromatic rings. The summed E-state index contributed by atoms with van der Waals surface area (Å²) in [6.45, 7) is 0.151. The number of hydrogen-bond donors (Lipinski definition) is 1. The Morgan fingerprint density at radius 3 is 2.68 bits per heavy atom. The van der Waals surface area contributed by atoms with E-state index in [1.807, 2.05) is 0 Å². The molecule has 1 amide bonds. The van der Waals surface area contributed by atoms with Crippen LogP contribution in [0.25, 0.3) is 16.9 Å². The van der Waals surface area contributed by atoms with E-state index in [1.165, 1.54) is 33.9 Å². The van der Waals surface area contributed by atoms with Crippen molar-refractivity contribution in [2.24, 2.45) is 0 Å². The van der Waals surface area contributed by atoms with Crippen LogP contribution < -0.4 is 10.2 Å². The molecule has 0 bridgehead atoms. The van der Waals surface area contributed by atoms with E-state index in [1.54, 1.807) is 25.1 Å². The normalized spacial score (nSPS) is 20.6. The second-order valence-electron chi connectivity index (χ2n) is 9.39. The number of nitrogens with zero attached hydrogens (tertiary/aromatic N) is 5. The van der Waals surface area contributed by atoms with Gasteiger partial charge < -0.3 is 14.7 Å². The molecule has 2 aliphatic rings. The first-order valence-corrected chi connectivity index (χ1v) is 11.4. The van der Waals surface area contributed by atoms with Crippen molar-refractivity contribution in [2.45, 2.75) is 37.3 Å². The minimum atomic E-state index is -4.95. The van der Waals surface area contributed by atoms with Gasteiger partial charge in [0.2, 0.25) is 17.4 Å². The number of hydrogen-bond acceptors (Lipinski definition) is 6. The number of nitrogens with one attached hydrogen (secondary N) is 1. The van der Waals surface area contributed by atoms with Gasteiger partial charge in [-0.15, -0.1) is 0 Å². The molecule has 1 N–H and O–H groups in total. The highest BCUT2D eigenvalue weighted by atomic mass is 19.4. The van der Waals surface area contributed by atoms with Gasteiger partial charge in [-0.05, 0) is 37.1 Å². The molecule has 192 valence electrons. The van der Waals surface area contributed by atoms with Crippen molar-refractivity contribution >= 4 is 22.8 Å². The fourth-order valence-electron chi connectivity index (χ4n) is 4.27. The Bertz CT molecular complexity index is 1520. The lowest BCUT2D eigenvalue weighted by Crippen LogP contribution is -2.66. The molecule has 1 aliphatic carbocycles. The predicted octanol–water partition coefficient (Wildman–Crippen LogP) is 4.86. The minimum Gasteiger partial charge on any atom is -0.364 e. The van der Waals surface area contributed by atoms with Gasteiger partial charge in [-0.1, -0.05) is 17.3 Å². The van der Waals surface area contributed by atoms with E-state index in [9.17, 15) is 26.7 Å². The smallest absolute Gasteiger partial charge is 0.364 e. The molecule has 0 unspecified atom stereocenters. The van der Waals surface area contributed by atoms with Gasteiger partial charge in [0.15, 0.2) is 0 Å². The number of aryl methyl sites for hydroxylation is 1. The Balaban J connectivity index is 1.23. The number of fused-ring (bicyclic) bond motifs is 1. The summed E-state index contributed by atoms with van der Waals surface area (Å²) in [6, 6.07) is 8.18. The third-order valence-electron chi connectivity index (χ3n) is 6.72. The standard InChI is InChI=1S/C24H19F5N6O2/c1-12-2-3-13(20-32-22(37-33-20)15-8-17(15)25)6-18(12)31-21(36)16-9-30-35-5-4-14(7-19(16)35)34-10-23(26,11-34)24(27,28)29/h2-7,9,15,17H,8,10-11H2,1H3,(H,31,36)/t15-,17-/m0/s1. The van der Waals surface area contributed by atoms with Gasteiger partial charge in [-0.2, -0.15) is 23.3 Å². The van der Waals surface area contributed by atoms with Gasteiger partial charge in [0.25, 0.3) is 5.91 Å². The number of anilines is 2. The topological polar surface area (TPSA) is 88.6 Å². The van der Waals surface area contributed by atoms with Crippen molar-refractivity contribution in [1.29, 1.82) is 0 Å². The van der Waals surface area contributed by atoms with Crippen LogP contribution in [0.3, 0.4) is 0 Å². The van der Waals surface area contributed by atoms with E-state index in [0.717, 1.165) is 5.56 Å². The van der Waals surface area contributed by atoms with Gasteiger partial charge >= 0.3 is 6.18 Å². The molecular weight excluding hydrogens is 499 g/mol. The van der Waals surface area contributed by atoms with E-state index in [2.05, 4.69) is 20.6 Å². The van der Waals surface area contributed by atoms with E-state index >= 15 is 0 Å². The number of benzene rings is 1. The van der Waals surface area contributed by atoms with Crippen LogP contribution >= 0.6 is 0 Å². The highest BCUT2D eigenvalue weighted by molar-refractivity contribution is 6.09. The summed E-state index contributed by atoms with van der Waals surface area (Å²) in [5.74, 6) is -0.378. The molecule has 0 radical (unpaired) electrons. The number of amides is 1. The van der Waals surface area contributed by atoms with Crippen LogP contribution in [0.15, 0.2) is 47.2 Å². The highest BCUT2D eigenvalue weighted by Gasteiger charge is 2.63. The molecule has 2 fully saturated rings. The lowest BCUT2D eigenvalue weighted by molar-refractivity contribution is -0.237. The molecule has 13 heteroatoms. The van der Waals surface area contributed by atoms with Gasteiger partial charge in [0.05, 0.1) is 36.3 Å². The molecule has 0 spiro atoms. The summed E-state index contributed by atoms with van der Waals surface area (Å²) < 4.78 is 72.5. The maximum absolute atomic E-state index is 14.0. The minimum absolute atomic E-state index is 0.180. The summed E-state index contributed by atoms with van der Waals surface area (Å²) in [5, 5.41) is 10.9. The fraction of sp³-hybridized carbons (Fsp3) is 0.333. The Labute approximate surface area is 206 Å². The maximum Gasteiger partial charge on any atom is 0.426 e. The molecule has 1 aromatic carbocycles. The zero-order valence-electron chi connectivity index (χ0n) is 19.3. The Morgan fingerprint density at radius 1 is 1.22 bits per heavy atom. The zero-order chi connectivity index (χ0) is 26.1. The average molecular weight is 518 g/mol. The Kier molecular flexibility index (Phi) is 5.04. The van der Waals surface area contributed by atoms with Crippen molar-refractivity contribution in [3.63, 3.8) is 0 Å². The van der Waals surface area contributed by atoms with Crippen LogP contribution in [-0.2, 0) is 0 Å². The molecule has 1 saturated carbocycles. The van der Waals surface area contributed by atoms with E-state index in [0.29, 0.717) is 28.9 Å². The third kappa shape index (κ3) is 3.98. The van der Waals surface area contributed by atoms with Gasteiger partial charge in [-0.25, -0.2) is 13.3 Å². The van der Waals surface area contributed by atoms with Gasteiger partial charge in [0.1, 0.15) is 6.17 Å². The largest absolute Gasteiger partial charge is 0.426 e. The molecule has 2 atom stereocenters. The second kappa shape index (κ2) is 7.98. The summed E-state index contributed by atoms with van der Waals surface area (Å²) in [5.41, 5.74) is -0.610.